The molecule has 168 valence electrons. The number of carbonyl (C=O) groups excluding carboxylic acids is 2. The number of Topliss-reactive ketones (excluding diaryl/α,β-unsaturated/α-hetero) is 1. The number of ketones is 1. The van der Waals surface area contributed by atoms with Crippen LogP contribution in [0.15, 0.2) is 57.5 Å². The zero-order chi connectivity index (χ0) is 22.2. The van der Waals surface area contributed by atoms with E-state index in [2.05, 4.69) is 5.32 Å². The van der Waals surface area contributed by atoms with Gasteiger partial charge in [-0.15, -0.1) is 11.3 Å². The number of rotatable bonds is 5. The van der Waals surface area contributed by atoms with E-state index in [9.17, 15) is 9.59 Å². The van der Waals surface area contributed by atoms with Crippen LogP contribution in [0.4, 0.5) is 0 Å². The van der Waals surface area contributed by atoms with E-state index in [1.807, 2.05) is 38.1 Å². The fourth-order valence-corrected chi connectivity index (χ4v) is 5.95. The average Bonchev–Trinajstić information content (AvgIpc) is 3.53. The number of nitrogens with one attached hydrogen (secondary N) is 1. The molecule has 0 unspecified atom stereocenters. The molecule has 0 spiro atoms. The number of allylic oxidation sites excluding steroid dienone is 3. The summed E-state index contributed by atoms with van der Waals surface area (Å²) in [4.78, 5) is 28.8. The molecule has 3 atom stereocenters. The van der Waals surface area contributed by atoms with Crippen molar-refractivity contribution in [3.8, 4) is 0 Å². The van der Waals surface area contributed by atoms with Crippen LogP contribution in [0, 0.1) is 6.92 Å². The molecular formula is C25H27NO5S. The van der Waals surface area contributed by atoms with E-state index in [-0.39, 0.29) is 30.4 Å². The Balaban J connectivity index is 1.48. The van der Waals surface area contributed by atoms with E-state index in [1.54, 1.807) is 17.6 Å². The number of carbonyl (C=O) groups is 2. The van der Waals surface area contributed by atoms with Crippen LogP contribution in [0.3, 0.4) is 0 Å². The zero-order valence-electron chi connectivity index (χ0n) is 18.3. The zero-order valence-corrected chi connectivity index (χ0v) is 19.1. The standard InChI is InChI=1S/C25H27NO5S/c1-14-7-8-21(32-14)24-22(25(28)31-13-17-5-3-9-29-17)15(2)26-18-11-16(12-19(27)23(18)24)20-6-4-10-30-20/h4,6-8,10,16-17,24,26H,3,5,9,11-13H2,1-2H3/t16-,17+,24+/m1/s1. The second kappa shape index (κ2) is 8.71. The fourth-order valence-electron chi connectivity index (χ4n) is 4.95. The molecule has 7 heteroatoms. The minimum absolute atomic E-state index is 0.00436. The lowest BCUT2D eigenvalue weighted by Crippen LogP contribution is -2.36. The number of hydrogen-bond acceptors (Lipinski definition) is 7. The van der Waals surface area contributed by atoms with Gasteiger partial charge in [0.25, 0.3) is 0 Å². The van der Waals surface area contributed by atoms with Gasteiger partial charge in [0, 0.05) is 45.7 Å². The van der Waals surface area contributed by atoms with E-state index in [0.29, 0.717) is 30.6 Å². The number of hydrogen-bond donors (Lipinski definition) is 1. The first kappa shape index (κ1) is 21.2. The Bertz CT molecular complexity index is 1090. The summed E-state index contributed by atoms with van der Waals surface area (Å²) >= 11 is 1.62. The van der Waals surface area contributed by atoms with Gasteiger partial charge >= 0.3 is 5.97 Å². The predicted octanol–water partition coefficient (Wildman–Crippen LogP) is 4.73. The van der Waals surface area contributed by atoms with Crippen molar-refractivity contribution in [1.82, 2.24) is 5.32 Å². The highest BCUT2D eigenvalue weighted by molar-refractivity contribution is 7.12. The molecule has 0 aromatic carbocycles. The van der Waals surface area contributed by atoms with E-state index in [1.165, 1.54) is 0 Å². The second-order valence-corrected chi connectivity index (χ2v) is 10.0. The second-order valence-electron chi connectivity index (χ2n) is 8.71. The summed E-state index contributed by atoms with van der Waals surface area (Å²) < 4.78 is 16.9. The molecule has 2 aromatic rings. The molecule has 2 aliphatic heterocycles. The minimum atomic E-state index is -0.410. The Hall–Kier alpha value is -2.64. The van der Waals surface area contributed by atoms with Crippen molar-refractivity contribution in [1.29, 1.82) is 0 Å². The summed E-state index contributed by atoms with van der Waals surface area (Å²) in [7, 11) is 0. The summed E-state index contributed by atoms with van der Waals surface area (Å²) in [5, 5.41) is 3.38. The number of furan rings is 1. The first-order chi connectivity index (χ1) is 15.5. The van der Waals surface area contributed by atoms with Crippen LogP contribution in [-0.4, -0.2) is 31.1 Å². The highest BCUT2D eigenvalue weighted by Gasteiger charge is 2.42. The van der Waals surface area contributed by atoms with Gasteiger partial charge in [-0.1, -0.05) is 0 Å². The molecule has 2 aromatic heterocycles. The van der Waals surface area contributed by atoms with E-state index >= 15 is 0 Å². The molecule has 0 amide bonds. The van der Waals surface area contributed by atoms with Crippen molar-refractivity contribution in [3.63, 3.8) is 0 Å². The fraction of sp³-hybridized carbons (Fsp3) is 0.440. The van der Waals surface area contributed by atoms with Crippen LogP contribution >= 0.6 is 11.3 Å². The Morgan fingerprint density at radius 2 is 2.12 bits per heavy atom. The smallest absolute Gasteiger partial charge is 0.336 e. The quantitative estimate of drug-likeness (QED) is 0.660. The Labute approximate surface area is 191 Å². The molecule has 0 bridgehead atoms. The number of esters is 1. The van der Waals surface area contributed by atoms with Crippen molar-refractivity contribution < 1.29 is 23.5 Å². The minimum Gasteiger partial charge on any atom is -0.469 e. The average molecular weight is 454 g/mol. The largest absolute Gasteiger partial charge is 0.469 e. The molecule has 0 radical (unpaired) electrons. The van der Waals surface area contributed by atoms with E-state index in [0.717, 1.165) is 39.8 Å². The molecule has 3 aliphatic rings. The summed E-state index contributed by atoms with van der Waals surface area (Å²) in [6.45, 7) is 4.88. The van der Waals surface area contributed by atoms with Gasteiger partial charge in [-0.2, -0.15) is 0 Å². The van der Waals surface area contributed by atoms with Crippen molar-refractivity contribution in [2.24, 2.45) is 0 Å². The van der Waals surface area contributed by atoms with Gasteiger partial charge < -0.3 is 19.2 Å². The van der Waals surface area contributed by atoms with Crippen LogP contribution < -0.4 is 5.32 Å². The molecule has 1 aliphatic carbocycles. The molecule has 1 N–H and O–H groups in total. The molecule has 4 heterocycles. The lowest BCUT2D eigenvalue weighted by molar-refractivity contribution is -0.142. The third-order valence-corrected chi connectivity index (χ3v) is 7.53. The maximum absolute atomic E-state index is 13.4. The van der Waals surface area contributed by atoms with Gasteiger partial charge in [0.2, 0.25) is 0 Å². The Kier molecular flexibility index (Phi) is 5.78. The van der Waals surface area contributed by atoms with E-state index < -0.39 is 5.92 Å². The van der Waals surface area contributed by atoms with Crippen LogP contribution in [0.25, 0.3) is 0 Å². The molecule has 1 fully saturated rings. The van der Waals surface area contributed by atoms with Crippen molar-refractivity contribution in [2.45, 2.75) is 57.5 Å². The SMILES string of the molecule is CC1=C(C(=O)OC[C@@H]2CCCO2)[C@H](c2ccc(C)s2)C2=C(C[C@@H](c3ccco3)CC2=O)N1. The van der Waals surface area contributed by atoms with E-state index in [4.69, 9.17) is 13.9 Å². The van der Waals surface area contributed by atoms with Crippen molar-refractivity contribution in [2.75, 3.05) is 13.2 Å². The third kappa shape index (κ3) is 3.95. The molecule has 1 saturated heterocycles. The molecule has 0 saturated carbocycles. The maximum Gasteiger partial charge on any atom is 0.336 e. The summed E-state index contributed by atoms with van der Waals surface area (Å²) in [6, 6.07) is 7.82. The molecule has 5 rings (SSSR count). The Morgan fingerprint density at radius 1 is 1.25 bits per heavy atom. The van der Waals surface area contributed by atoms with Gasteiger partial charge in [-0.3, -0.25) is 4.79 Å². The summed E-state index contributed by atoms with van der Waals surface area (Å²) in [5.41, 5.74) is 2.83. The van der Waals surface area contributed by atoms with Gasteiger partial charge in [-0.05, 0) is 57.4 Å². The monoisotopic (exact) mass is 453 g/mol. The van der Waals surface area contributed by atoms with Crippen LogP contribution in [0.2, 0.25) is 0 Å². The van der Waals surface area contributed by atoms with Crippen LogP contribution in [0.5, 0.6) is 0 Å². The van der Waals surface area contributed by atoms with Crippen molar-refractivity contribution >= 4 is 23.1 Å². The third-order valence-electron chi connectivity index (χ3n) is 6.46. The maximum atomic E-state index is 13.4. The number of aryl methyl sites for hydroxylation is 1. The number of ether oxygens (including phenoxy) is 2. The lowest BCUT2D eigenvalue weighted by atomic mass is 9.74. The van der Waals surface area contributed by atoms with Gasteiger partial charge in [0.1, 0.15) is 12.4 Å². The Morgan fingerprint density at radius 3 is 2.81 bits per heavy atom. The summed E-state index contributed by atoms with van der Waals surface area (Å²) in [5.74, 6) is 0.0723. The normalized spacial score (nSPS) is 25.7. The topological polar surface area (TPSA) is 77.8 Å². The van der Waals surface area contributed by atoms with Gasteiger partial charge in [-0.25, -0.2) is 4.79 Å². The highest BCUT2D eigenvalue weighted by atomic mass is 32.1. The first-order valence-electron chi connectivity index (χ1n) is 11.1. The molecule has 6 nitrogen and oxygen atoms in total. The molecule has 32 heavy (non-hydrogen) atoms. The first-order valence-corrected chi connectivity index (χ1v) is 12.0. The number of thiophene rings is 1. The summed E-state index contributed by atoms with van der Waals surface area (Å²) in [6.07, 6.45) is 4.53. The van der Waals surface area contributed by atoms with Gasteiger partial charge in [0.15, 0.2) is 5.78 Å². The van der Waals surface area contributed by atoms with Crippen molar-refractivity contribution in [3.05, 3.63) is 68.6 Å². The predicted molar refractivity (Wildman–Crippen MR) is 120 cm³/mol. The van der Waals surface area contributed by atoms with Crippen LogP contribution in [-0.2, 0) is 19.1 Å². The molecular weight excluding hydrogens is 426 g/mol. The van der Waals surface area contributed by atoms with Crippen LogP contribution in [0.1, 0.15) is 60.0 Å². The highest BCUT2D eigenvalue weighted by Crippen LogP contribution is 2.47. The van der Waals surface area contributed by atoms with Gasteiger partial charge in [0.05, 0.1) is 23.9 Å². The number of dihydropyridines is 1. The lowest BCUT2D eigenvalue weighted by Gasteiger charge is -2.35.